The Bertz CT molecular complexity index is 625. The lowest BCUT2D eigenvalue weighted by molar-refractivity contribution is 0.222. The average molecular weight is 325 g/mol. The molecule has 3 rings (SSSR count). The molecule has 1 fully saturated rings. The number of halogens is 2. The molecule has 2 atom stereocenters. The second-order valence-corrected chi connectivity index (χ2v) is 7.30. The van der Waals surface area contributed by atoms with E-state index in [1.807, 2.05) is 12.1 Å². The van der Waals surface area contributed by atoms with E-state index in [0.29, 0.717) is 11.9 Å². The first-order valence-corrected chi connectivity index (χ1v) is 8.72. The first-order chi connectivity index (χ1) is 10.1. The van der Waals surface area contributed by atoms with Crippen molar-refractivity contribution in [2.75, 3.05) is 5.88 Å². The number of fused-ring (bicyclic) bond motifs is 1. The van der Waals surface area contributed by atoms with Crippen LogP contribution in [0.25, 0.3) is 11.0 Å². The molecule has 0 bridgehead atoms. The van der Waals surface area contributed by atoms with Crippen LogP contribution in [0.2, 0.25) is 5.02 Å². The van der Waals surface area contributed by atoms with Gasteiger partial charge in [-0.25, -0.2) is 4.98 Å². The Labute approximate surface area is 136 Å². The minimum Gasteiger partial charge on any atom is -0.325 e. The summed E-state index contributed by atoms with van der Waals surface area (Å²) in [6.45, 7) is 4.71. The molecule has 0 amide bonds. The van der Waals surface area contributed by atoms with Crippen molar-refractivity contribution >= 4 is 34.2 Å². The number of nitrogens with zero attached hydrogens (tertiary/aromatic N) is 2. The highest BCUT2D eigenvalue weighted by atomic mass is 35.5. The lowest BCUT2D eigenvalue weighted by atomic mass is 9.80. The van der Waals surface area contributed by atoms with E-state index in [1.54, 1.807) is 0 Å². The Morgan fingerprint density at radius 1 is 1.19 bits per heavy atom. The van der Waals surface area contributed by atoms with E-state index in [9.17, 15) is 0 Å². The van der Waals surface area contributed by atoms with Gasteiger partial charge in [0.15, 0.2) is 0 Å². The highest BCUT2D eigenvalue weighted by molar-refractivity contribution is 6.34. The highest BCUT2D eigenvalue weighted by Crippen LogP contribution is 2.39. The van der Waals surface area contributed by atoms with Crippen LogP contribution in [0.3, 0.4) is 0 Å². The number of benzene rings is 1. The number of hydrogen-bond donors (Lipinski definition) is 0. The first kappa shape index (κ1) is 15.2. The summed E-state index contributed by atoms with van der Waals surface area (Å²) < 4.78 is 2.41. The normalized spacial score (nSPS) is 26.4. The molecule has 1 heterocycles. The van der Waals surface area contributed by atoms with Crippen LogP contribution in [0.1, 0.15) is 45.0 Å². The van der Waals surface area contributed by atoms with Gasteiger partial charge in [0.2, 0.25) is 0 Å². The number of hydrogen-bond acceptors (Lipinski definition) is 1. The molecule has 1 saturated carbocycles. The van der Waals surface area contributed by atoms with Gasteiger partial charge in [-0.05, 0) is 43.2 Å². The molecule has 0 aliphatic heterocycles. The summed E-state index contributed by atoms with van der Waals surface area (Å²) in [6.07, 6.45) is 4.57. The minimum atomic E-state index is 0.519. The molecule has 2 unspecified atom stereocenters. The van der Waals surface area contributed by atoms with E-state index >= 15 is 0 Å². The van der Waals surface area contributed by atoms with Gasteiger partial charge in [0, 0.05) is 18.3 Å². The molecule has 1 aromatic carbocycles. The monoisotopic (exact) mass is 324 g/mol. The summed E-state index contributed by atoms with van der Waals surface area (Å²) in [5.41, 5.74) is 2.08. The Hall–Kier alpha value is -0.730. The molecular formula is C17H22Cl2N2. The third-order valence-corrected chi connectivity index (χ3v) is 5.07. The summed E-state index contributed by atoms with van der Waals surface area (Å²) in [6, 6.07) is 6.59. The smallest absolute Gasteiger partial charge is 0.111 e. The topological polar surface area (TPSA) is 17.8 Å². The largest absolute Gasteiger partial charge is 0.325 e. The number of aryl methyl sites for hydroxylation is 1. The first-order valence-electron chi connectivity index (χ1n) is 7.81. The molecule has 2 nitrogen and oxygen atoms in total. The summed E-state index contributed by atoms with van der Waals surface area (Å²) in [5.74, 6) is 3.21. The Morgan fingerprint density at radius 3 is 2.57 bits per heavy atom. The zero-order valence-corrected chi connectivity index (χ0v) is 14.2. The van der Waals surface area contributed by atoms with Crippen molar-refractivity contribution in [1.82, 2.24) is 9.55 Å². The summed E-state index contributed by atoms with van der Waals surface area (Å²) >= 11 is 12.3. The summed E-state index contributed by atoms with van der Waals surface area (Å²) in [5, 5.41) is 0.735. The molecule has 0 N–H and O–H groups in total. The minimum absolute atomic E-state index is 0.519. The number of rotatable bonds is 3. The lowest BCUT2D eigenvalue weighted by Gasteiger charge is -2.33. The fraction of sp³-hybridized carbons (Fsp3) is 0.588. The van der Waals surface area contributed by atoms with Gasteiger partial charge >= 0.3 is 0 Å². The number of imidazole rings is 1. The average Bonchev–Trinajstić information content (AvgIpc) is 2.78. The predicted octanol–water partition coefficient (Wildman–Crippen LogP) is 5.47. The van der Waals surface area contributed by atoms with E-state index in [0.717, 1.165) is 40.1 Å². The molecule has 4 heteroatoms. The molecule has 0 spiro atoms. The number of para-hydroxylation sites is 1. The molecule has 21 heavy (non-hydrogen) atoms. The zero-order valence-electron chi connectivity index (χ0n) is 12.6. The molecule has 1 aliphatic carbocycles. The number of alkyl halides is 1. The van der Waals surface area contributed by atoms with Gasteiger partial charge in [0.1, 0.15) is 11.3 Å². The van der Waals surface area contributed by atoms with E-state index in [-0.39, 0.29) is 0 Å². The summed E-state index contributed by atoms with van der Waals surface area (Å²) in [4.78, 5) is 4.77. The number of aromatic nitrogens is 2. The third kappa shape index (κ3) is 2.93. The molecule has 0 saturated heterocycles. The van der Waals surface area contributed by atoms with Gasteiger partial charge in [-0.1, -0.05) is 31.5 Å². The molecule has 114 valence electrons. The van der Waals surface area contributed by atoms with Crippen molar-refractivity contribution in [3.05, 3.63) is 29.0 Å². The molecule has 2 aromatic rings. The van der Waals surface area contributed by atoms with Crippen LogP contribution in [0.5, 0.6) is 0 Å². The van der Waals surface area contributed by atoms with E-state index in [4.69, 9.17) is 28.2 Å². The van der Waals surface area contributed by atoms with Crippen LogP contribution < -0.4 is 0 Å². The molecule has 1 aliphatic rings. The lowest BCUT2D eigenvalue weighted by Crippen LogP contribution is -2.24. The van der Waals surface area contributed by atoms with Gasteiger partial charge < -0.3 is 4.57 Å². The predicted molar refractivity (Wildman–Crippen MR) is 90.4 cm³/mol. The van der Waals surface area contributed by atoms with Crippen LogP contribution in [0, 0.1) is 11.8 Å². The Morgan fingerprint density at radius 2 is 1.90 bits per heavy atom. The second-order valence-electron chi connectivity index (χ2n) is 6.52. The van der Waals surface area contributed by atoms with Crippen LogP contribution in [0.15, 0.2) is 18.2 Å². The van der Waals surface area contributed by atoms with Crippen molar-refractivity contribution < 1.29 is 0 Å². The van der Waals surface area contributed by atoms with E-state index in [2.05, 4.69) is 24.5 Å². The van der Waals surface area contributed by atoms with Crippen LogP contribution >= 0.6 is 23.2 Å². The van der Waals surface area contributed by atoms with E-state index in [1.165, 1.54) is 19.3 Å². The Kier molecular flexibility index (Phi) is 4.46. The van der Waals surface area contributed by atoms with Gasteiger partial charge in [-0.15, -0.1) is 11.6 Å². The quantitative estimate of drug-likeness (QED) is 0.684. The van der Waals surface area contributed by atoms with Gasteiger partial charge in [-0.2, -0.15) is 0 Å². The third-order valence-electron chi connectivity index (χ3n) is 4.58. The van der Waals surface area contributed by atoms with Gasteiger partial charge in [0.05, 0.1) is 10.5 Å². The maximum absolute atomic E-state index is 6.33. The van der Waals surface area contributed by atoms with Crippen molar-refractivity contribution in [3.8, 4) is 0 Å². The second kappa shape index (κ2) is 6.18. The summed E-state index contributed by atoms with van der Waals surface area (Å²) in [7, 11) is 0. The van der Waals surface area contributed by atoms with Gasteiger partial charge in [-0.3, -0.25) is 0 Å². The fourth-order valence-corrected chi connectivity index (χ4v) is 4.30. The van der Waals surface area contributed by atoms with Crippen LogP contribution in [0.4, 0.5) is 0 Å². The van der Waals surface area contributed by atoms with Crippen molar-refractivity contribution in [2.24, 2.45) is 11.8 Å². The molecule has 0 radical (unpaired) electrons. The van der Waals surface area contributed by atoms with Crippen molar-refractivity contribution in [1.29, 1.82) is 0 Å². The maximum Gasteiger partial charge on any atom is 0.111 e. The molecule has 1 aromatic heterocycles. The maximum atomic E-state index is 6.33. The SMILES string of the molecule is CC1CC(C)CC(n2c(CCCl)nc3c(Cl)cccc32)C1. The standard InChI is InChI=1S/C17H22Cl2N2/c1-11-8-12(2)10-13(9-11)21-15-5-3-4-14(19)17(15)20-16(21)6-7-18/h3-5,11-13H,6-10H2,1-2H3. The Balaban J connectivity index is 2.10. The van der Waals surface area contributed by atoms with Crippen molar-refractivity contribution in [2.45, 2.75) is 45.6 Å². The van der Waals surface area contributed by atoms with Crippen LogP contribution in [-0.2, 0) is 6.42 Å². The highest BCUT2D eigenvalue weighted by Gasteiger charge is 2.28. The van der Waals surface area contributed by atoms with Crippen molar-refractivity contribution in [3.63, 3.8) is 0 Å². The zero-order chi connectivity index (χ0) is 15.0. The van der Waals surface area contributed by atoms with E-state index < -0.39 is 0 Å². The van der Waals surface area contributed by atoms with Gasteiger partial charge in [0.25, 0.3) is 0 Å². The van der Waals surface area contributed by atoms with Crippen LogP contribution in [-0.4, -0.2) is 15.4 Å². The molecular weight excluding hydrogens is 303 g/mol. The fourth-order valence-electron chi connectivity index (χ4n) is 3.91.